The second-order valence-corrected chi connectivity index (χ2v) is 5.02. The summed E-state index contributed by atoms with van der Waals surface area (Å²) in [4.78, 5) is 4.45. The molecule has 0 aromatic carbocycles. The van der Waals surface area contributed by atoms with Crippen molar-refractivity contribution in [3.05, 3.63) is 18.2 Å². The maximum atomic E-state index is 4.45. The van der Waals surface area contributed by atoms with Gasteiger partial charge in [-0.2, -0.15) is 0 Å². The van der Waals surface area contributed by atoms with Crippen LogP contribution in [0.4, 0.5) is 0 Å². The Balaban J connectivity index is 1.98. The Kier molecular flexibility index (Phi) is 3.99. The molecule has 1 saturated carbocycles. The third-order valence-corrected chi connectivity index (χ3v) is 3.90. The molecule has 0 saturated heterocycles. The van der Waals surface area contributed by atoms with Gasteiger partial charge in [0.05, 0.1) is 0 Å². The molecule has 0 radical (unpaired) electrons. The van der Waals surface area contributed by atoms with Gasteiger partial charge >= 0.3 is 0 Å². The van der Waals surface area contributed by atoms with Crippen LogP contribution in [0, 0.1) is 11.8 Å². The van der Waals surface area contributed by atoms with Gasteiger partial charge in [-0.05, 0) is 38.3 Å². The highest BCUT2D eigenvalue weighted by Gasteiger charge is 2.25. The number of nitrogens with zero attached hydrogens (tertiary/aromatic N) is 2. The minimum absolute atomic E-state index is 0.822. The van der Waals surface area contributed by atoms with Gasteiger partial charge in [-0.25, -0.2) is 4.98 Å². The molecular weight excluding hydrogens is 198 g/mol. The third-order valence-electron chi connectivity index (χ3n) is 3.90. The van der Waals surface area contributed by atoms with Crippen molar-refractivity contribution in [1.82, 2.24) is 14.9 Å². The van der Waals surface area contributed by atoms with Crippen molar-refractivity contribution in [3.8, 4) is 0 Å². The van der Waals surface area contributed by atoms with Crippen molar-refractivity contribution in [1.29, 1.82) is 0 Å². The molecule has 3 heteroatoms. The van der Waals surface area contributed by atoms with Crippen molar-refractivity contribution < 1.29 is 0 Å². The normalized spacial score (nSPS) is 25.9. The third kappa shape index (κ3) is 2.64. The lowest BCUT2D eigenvalue weighted by Gasteiger charge is -2.31. The van der Waals surface area contributed by atoms with Crippen molar-refractivity contribution in [2.24, 2.45) is 18.9 Å². The van der Waals surface area contributed by atoms with Gasteiger partial charge in [0.15, 0.2) is 0 Å². The highest BCUT2D eigenvalue weighted by Crippen LogP contribution is 2.31. The first kappa shape index (κ1) is 11.6. The van der Waals surface area contributed by atoms with Crippen molar-refractivity contribution in [2.45, 2.75) is 32.1 Å². The van der Waals surface area contributed by atoms with Crippen LogP contribution in [0.15, 0.2) is 12.4 Å². The molecule has 0 aliphatic heterocycles. The van der Waals surface area contributed by atoms with E-state index in [9.17, 15) is 0 Å². The molecule has 0 bridgehead atoms. The molecule has 2 unspecified atom stereocenters. The molecule has 1 aliphatic rings. The average Bonchev–Trinajstić information content (AvgIpc) is 2.68. The lowest BCUT2D eigenvalue weighted by atomic mass is 9.77. The maximum Gasteiger partial charge on any atom is 0.108 e. The minimum Gasteiger partial charge on any atom is -0.338 e. The van der Waals surface area contributed by atoms with Crippen molar-refractivity contribution in [3.63, 3.8) is 0 Å². The number of rotatable bonds is 4. The van der Waals surface area contributed by atoms with E-state index in [4.69, 9.17) is 0 Å². The first-order valence-electron chi connectivity index (χ1n) is 6.42. The van der Waals surface area contributed by atoms with Crippen LogP contribution in [0.2, 0.25) is 0 Å². The van der Waals surface area contributed by atoms with Gasteiger partial charge in [0.1, 0.15) is 5.82 Å². The molecule has 1 fully saturated rings. The van der Waals surface area contributed by atoms with Crippen LogP contribution >= 0.6 is 0 Å². The van der Waals surface area contributed by atoms with Crippen LogP contribution in [0.3, 0.4) is 0 Å². The van der Waals surface area contributed by atoms with Gasteiger partial charge in [-0.3, -0.25) is 0 Å². The van der Waals surface area contributed by atoms with Crippen LogP contribution in [0.25, 0.3) is 0 Å². The molecule has 3 nitrogen and oxygen atoms in total. The van der Waals surface area contributed by atoms with Crippen LogP contribution in [-0.2, 0) is 13.5 Å². The smallest absolute Gasteiger partial charge is 0.108 e. The van der Waals surface area contributed by atoms with Crippen molar-refractivity contribution in [2.75, 3.05) is 13.6 Å². The number of hydrogen-bond donors (Lipinski definition) is 1. The molecule has 0 spiro atoms. The summed E-state index contributed by atoms with van der Waals surface area (Å²) >= 11 is 0. The molecule has 2 rings (SSSR count). The molecule has 0 amide bonds. The van der Waals surface area contributed by atoms with Gasteiger partial charge < -0.3 is 9.88 Å². The Labute approximate surface area is 98.3 Å². The summed E-state index contributed by atoms with van der Waals surface area (Å²) in [5.41, 5.74) is 0. The Bertz CT molecular complexity index is 317. The quantitative estimate of drug-likeness (QED) is 0.842. The molecular formula is C13H23N3. The van der Waals surface area contributed by atoms with Crippen molar-refractivity contribution >= 4 is 0 Å². The summed E-state index contributed by atoms with van der Waals surface area (Å²) in [7, 11) is 4.16. The zero-order chi connectivity index (χ0) is 11.4. The molecule has 1 aromatic heterocycles. The minimum atomic E-state index is 0.822. The fourth-order valence-corrected chi connectivity index (χ4v) is 2.91. The molecule has 90 valence electrons. The van der Waals surface area contributed by atoms with E-state index in [2.05, 4.69) is 29.0 Å². The number of aryl methyl sites for hydroxylation is 1. The summed E-state index contributed by atoms with van der Waals surface area (Å²) in [6, 6.07) is 0. The zero-order valence-corrected chi connectivity index (χ0v) is 10.4. The highest BCUT2D eigenvalue weighted by atomic mass is 15.0. The average molecular weight is 221 g/mol. The number of hydrogen-bond acceptors (Lipinski definition) is 2. The monoisotopic (exact) mass is 221 g/mol. The summed E-state index contributed by atoms with van der Waals surface area (Å²) < 4.78 is 2.16. The predicted molar refractivity (Wildman–Crippen MR) is 66.3 cm³/mol. The SMILES string of the molecule is CNCC1CCCCC1Cc1nccn1C. The fraction of sp³-hybridized carbons (Fsp3) is 0.769. The largest absolute Gasteiger partial charge is 0.338 e. The Morgan fingerprint density at radius 3 is 2.75 bits per heavy atom. The topological polar surface area (TPSA) is 29.9 Å². The Morgan fingerprint density at radius 2 is 2.12 bits per heavy atom. The van der Waals surface area contributed by atoms with Gasteiger partial charge in [0.25, 0.3) is 0 Å². The first-order chi connectivity index (χ1) is 7.81. The van der Waals surface area contributed by atoms with E-state index in [0.29, 0.717) is 0 Å². The Morgan fingerprint density at radius 1 is 1.38 bits per heavy atom. The van der Waals surface area contributed by atoms with Crippen LogP contribution < -0.4 is 5.32 Å². The second-order valence-electron chi connectivity index (χ2n) is 5.02. The predicted octanol–water partition coefficient (Wildman–Crippen LogP) is 1.99. The molecule has 1 heterocycles. The van der Waals surface area contributed by atoms with Gasteiger partial charge in [-0.15, -0.1) is 0 Å². The van der Waals surface area contributed by atoms with E-state index in [-0.39, 0.29) is 0 Å². The van der Waals surface area contributed by atoms with Crippen LogP contribution in [0.1, 0.15) is 31.5 Å². The molecule has 1 N–H and O–H groups in total. The zero-order valence-electron chi connectivity index (χ0n) is 10.4. The summed E-state index contributed by atoms with van der Waals surface area (Å²) in [6.07, 6.45) is 10.7. The molecule has 1 aliphatic carbocycles. The number of aromatic nitrogens is 2. The molecule has 2 atom stereocenters. The van der Waals surface area contributed by atoms with E-state index in [1.54, 1.807) is 0 Å². The highest BCUT2D eigenvalue weighted by molar-refractivity contribution is 4.94. The lowest BCUT2D eigenvalue weighted by Crippen LogP contribution is -2.30. The van der Waals surface area contributed by atoms with E-state index in [1.165, 1.54) is 31.5 Å². The van der Waals surface area contributed by atoms with Crippen LogP contribution in [0.5, 0.6) is 0 Å². The summed E-state index contributed by atoms with van der Waals surface area (Å²) in [5, 5.41) is 3.33. The van der Waals surface area contributed by atoms with Gasteiger partial charge in [0.2, 0.25) is 0 Å². The lowest BCUT2D eigenvalue weighted by molar-refractivity contribution is 0.228. The van der Waals surface area contributed by atoms with Gasteiger partial charge in [-0.1, -0.05) is 12.8 Å². The summed E-state index contributed by atoms with van der Waals surface area (Å²) in [6.45, 7) is 1.16. The second kappa shape index (κ2) is 5.48. The Hall–Kier alpha value is -0.830. The van der Waals surface area contributed by atoms with Crippen LogP contribution in [-0.4, -0.2) is 23.1 Å². The first-order valence-corrected chi connectivity index (χ1v) is 6.42. The number of nitrogens with one attached hydrogen (secondary N) is 1. The number of imidazole rings is 1. The van der Waals surface area contributed by atoms with E-state index in [0.717, 1.165) is 24.8 Å². The van der Waals surface area contributed by atoms with E-state index >= 15 is 0 Å². The molecule has 16 heavy (non-hydrogen) atoms. The van der Waals surface area contributed by atoms with Gasteiger partial charge in [0, 0.05) is 25.9 Å². The van der Waals surface area contributed by atoms with E-state index in [1.807, 2.05) is 12.4 Å². The van der Waals surface area contributed by atoms with E-state index < -0.39 is 0 Å². The maximum absolute atomic E-state index is 4.45. The summed E-state index contributed by atoms with van der Waals surface area (Å²) in [5.74, 6) is 2.91. The molecule has 1 aromatic rings. The fourth-order valence-electron chi connectivity index (χ4n) is 2.91. The standard InChI is InChI=1S/C13H23N3/c1-14-10-12-6-4-3-5-11(12)9-13-15-7-8-16(13)2/h7-8,11-12,14H,3-6,9-10H2,1-2H3.